The van der Waals surface area contributed by atoms with Gasteiger partial charge in [-0.1, -0.05) is 0 Å². The maximum absolute atomic E-state index is 12.3. The predicted molar refractivity (Wildman–Crippen MR) is 42.5 cm³/mol. The van der Waals surface area contributed by atoms with E-state index in [0.29, 0.717) is 0 Å². The average molecular weight is 213 g/mol. The van der Waals surface area contributed by atoms with E-state index in [0.717, 1.165) is 10.7 Å². The average Bonchev–Trinajstić information content (AvgIpc) is 2.46. The van der Waals surface area contributed by atoms with E-state index >= 15 is 0 Å². The zero-order valence-electron chi connectivity index (χ0n) is 6.90. The van der Waals surface area contributed by atoms with E-state index in [1.54, 1.807) is 6.92 Å². The van der Waals surface area contributed by atoms with Crippen LogP contribution >= 0.6 is 11.6 Å². The molecule has 0 unspecified atom stereocenters. The summed E-state index contributed by atoms with van der Waals surface area (Å²) in [6.07, 6.45) is -4.35. The lowest BCUT2D eigenvalue weighted by Gasteiger charge is -2.07. The van der Waals surface area contributed by atoms with Crippen molar-refractivity contribution in [2.24, 2.45) is 0 Å². The van der Waals surface area contributed by atoms with Crippen molar-refractivity contribution in [1.29, 1.82) is 0 Å². The van der Waals surface area contributed by atoms with Crippen LogP contribution in [0.15, 0.2) is 6.07 Å². The molecule has 0 aliphatic carbocycles. The van der Waals surface area contributed by atoms with Gasteiger partial charge in [0.1, 0.15) is 5.69 Å². The van der Waals surface area contributed by atoms with Crippen molar-refractivity contribution in [3.05, 3.63) is 17.5 Å². The molecule has 13 heavy (non-hydrogen) atoms. The number of hydrogen-bond acceptors (Lipinski definition) is 1. The second-order valence-electron chi connectivity index (χ2n) is 2.47. The third-order valence-electron chi connectivity index (χ3n) is 1.56. The summed E-state index contributed by atoms with van der Waals surface area (Å²) in [6, 6.07) is 0.969. The lowest BCUT2D eigenvalue weighted by molar-refractivity contribution is -0.144. The fourth-order valence-corrected chi connectivity index (χ4v) is 1.14. The zero-order chi connectivity index (χ0) is 10.1. The Bertz CT molecular complexity index is 292. The summed E-state index contributed by atoms with van der Waals surface area (Å²) in [5.74, 6) is -0.00389. The number of alkyl halides is 4. The molecule has 0 atom stereocenters. The molecule has 1 aromatic heterocycles. The van der Waals surface area contributed by atoms with Gasteiger partial charge < -0.3 is 0 Å². The SMILES string of the molecule is CCn1nc(CCl)cc1C(F)(F)F. The Labute approximate surface area is 78.3 Å². The molecule has 0 spiro atoms. The Kier molecular flexibility index (Phi) is 2.85. The molecule has 0 aliphatic heterocycles. The molecule has 0 aliphatic rings. The summed E-state index contributed by atoms with van der Waals surface area (Å²) >= 11 is 5.38. The van der Waals surface area contributed by atoms with E-state index in [-0.39, 0.29) is 18.1 Å². The first kappa shape index (κ1) is 10.4. The van der Waals surface area contributed by atoms with E-state index in [1.807, 2.05) is 0 Å². The number of aryl methyl sites for hydroxylation is 1. The summed E-state index contributed by atoms with van der Waals surface area (Å²) in [7, 11) is 0. The Morgan fingerprint density at radius 3 is 2.46 bits per heavy atom. The number of aromatic nitrogens is 2. The number of halogens is 4. The molecular formula is C7H8ClF3N2. The van der Waals surface area contributed by atoms with E-state index in [2.05, 4.69) is 5.10 Å². The first-order chi connectivity index (χ1) is 5.99. The summed E-state index contributed by atoms with van der Waals surface area (Å²) in [4.78, 5) is 0. The fraction of sp³-hybridized carbons (Fsp3) is 0.571. The van der Waals surface area contributed by atoms with Gasteiger partial charge in [0, 0.05) is 6.54 Å². The molecule has 0 radical (unpaired) electrons. The second kappa shape index (κ2) is 3.57. The van der Waals surface area contributed by atoms with Crippen molar-refractivity contribution in [3.63, 3.8) is 0 Å². The first-order valence-corrected chi connectivity index (χ1v) is 4.22. The standard InChI is InChI=1S/C7H8ClF3N2/c1-2-13-6(7(9,10)11)3-5(4-8)12-13/h3H,2,4H2,1H3. The lowest BCUT2D eigenvalue weighted by Crippen LogP contribution is -2.13. The quantitative estimate of drug-likeness (QED) is 0.690. The van der Waals surface area contributed by atoms with Crippen LogP contribution in [0.2, 0.25) is 0 Å². The Morgan fingerprint density at radius 1 is 1.54 bits per heavy atom. The van der Waals surface area contributed by atoms with Gasteiger partial charge in [0.25, 0.3) is 0 Å². The zero-order valence-corrected chi connectivity index (χ0v) is 7.65. The van der Waals surface area contributed by atoms with E-state index < -0.39 is 11.9 Å². The topological polar surface area (TPSA) is 17.8 Å². The minimum atomic E-state index is -4.35. The van der Waals surface area contributed by atoms with Crippen molar-refractivity contribution >= 4 is 11.6 Å². The van der Waals surface area contributed by atoms with Crippen molar-refractivity contribution in [2.45, 2.75) is 25.5 Å². The van der Waals surface area contributed by atoms with Crippen molar-refractivity contribution in [1.82, 2.24) is 9.78 Å². The Balaban J connectivity index is 3.11. The molecule has 0 amide bonds. The molecule has 0 saturated heterocycles. The van der Waals surface area contributed by atoms with Gasteiger partial charge in [0.2, 0.25) is 0 Å². The third kappa shape index (κ3) is 2.15. The monoisotopic (exact) mass is 212 g/mol. The third-order valence-corrected chi connectivity index (χ3v) is 1.83. The van der Waals surface area contributed by atoms with Crippen molar-refractivity contribution in [2.75, 3.05) is 0 Å². The highest BCUT2D eigenvalue weighted by Crippen LogP contribution is 2.29. The van der Waals surface area contributed by atoms with Gasteiger partial charge in [0.05, 0.1) is 11.6 Å². The molecule has 0 aromatic carbocycles. The second-order valence-corrected chi connectivity index (χ2v) is 2.74. The highest BCUT2D eigenvalue weighted by atomic mass is 35.5. The van der Waals surface area contributed by atoms with Crippen LogP contribution in [0.4, 0.5) is 13.2 Å². The minimum Gasteiger partial charge on any atom is -0.260 e. The van der Waals surface area contributed by atoms with Gasteiger partial charge in [0.15, 0.2) is 0 Å². The smallest absolute Gasteiger partial charge is 0.260 e. The van der Waals surface area contributed by atoms with Crippen molar-refractivity contribution < 1.29 is 13.2 Å². The van der Waals surface area contributed by atoms with Gasteiger partial charge >= 0.3 is 6.18 Å². The van der Waals surface area contributed by atoms with Crippen LogP contribution in [0.5, 0.6) is 0 Å². The Hall–Kier alpha value is -0.710. The maximum atomic E-state index is 12.3. The van der Waals surface area contributed by atoms with Crippen LogP contribution in [-0.4, -0.2) is 9.78 Å². The van der Waals surface area contributed by atoms with Gasteiger partial charge in [-0.15, -0.1) is 11.6 Å². The molecule has 0 N–H and O–H groups in total. The highest BCUT2D eigenvalue weighted by Gasteiger charge is 2.35. The molecule has 74 valence electrons. The van der Waals surface area contributed by atoms with E-state index in [4.69, 9.17) is 11.6 Å². The van der Waals surface area contributed by atoms with Gasteiger partial charge in [-0.05, 0) is 13.0 Å². The molecule has 1 rings (SSSR count). The summed E-state index contributed by atoms with van der Waals surface area (Å²) in [5, 5.41) is 3.68. The molecule has 0 saturated carbocycles. The molecule has 2 nitrogen and oxygen atoms in total. The summed E-state index contributed by atoms with van der Waals surface area (Å²) in [6.45, 7) is 1.78. The largest absolute Gasteiger partial charge is 0.433 e. The summed E-state index contributed by atoms with van der Waals surface area (Å²) < 4.78 is 37.7. The lowest BCUT2D eigenvalue weighted by atomic mass is 10.3. The fourth-order valence-electron chi connectivity index (χ4n) is 1.00. The number of nitrogens with zero attached hydrogens (tertiary/aromatic N) is 2. The van der Waals surface area contributed by atoms with Crippen molar-refractivity contribution in [3.8, 4) is 0 Å². The van der Waals surface area contributed by atoms with Crippen LogP contribution in [0.3, 0.4) is 0 Å². The molecular weight excluding hydrogens is 205 g/mol. The maximum Gasteiger partial charge on any atom is 0.433 e. The predicted octanol–water partition coefficient (Wildman–Crippen LogP) is 2.66. The number of hydrogen-bond donors (Lipinski definition) is 0. The molecule has 1 heterocycles. The van der Waals surface area contributed by atoms with Gasteiger partial charge in [-0.25, -0.2) is 0 Å². The number of rotatable bonds is 2. The first-order valence-electron chi connectivity index (χ1n) is 3.69. The highest BCUT2D eigenvalue weighted by molar-refractivity contribution is 6.16. The van der Waals surface area contributed by atoms with E-state index in [9.17, 15) is 13.2 Å². The molecule has 0 bridgehead atoms. The van der Waals surface area contributed by atoms with Crippen LogP contribution in [0, 0.1) is 0 Å². The normalized spacial score (nSPS) is 12.1. The van der Waals surface area contributed by atoms with Gasteiger partial charge in [-0.2, -0.15) is 18.3 Å². The van der Waals surface area contributed by atoms with Crippen LogP contribution < -0.4 is 0 Å². The van der Waals surface area contributed by atoms with Crippen LogP contribution in [0.1, 0.15) is 18.3 Å². The summed E-state index contributed by atoms with van der Waals surface area (Å²) in [5.41, 5.74) is -0.499. The molecule has 0 fully saturated rings. The Morgan fingerprint density at radius 2 is 2.15 bits per heavy atom. The van der Waals surface area contributed by atoms with E-state index in [1.165, 1.54) is 0 Å². The van der Waals surface area contributed by atoms with Crippen LogP contribution in [-0.2, 0) is 18.6 Å². The van der Waals surface area contributed by atoms with Crippen LogP contribution in [0.25, 0.3) is 0 Å². The minimum absolute atomic E-state index is 0.00389. The molecule has 6 heteroatoms. The van der Waals surface area contributed by atoms with Gasteiger partial charge in [-0.3, -0.25) is 4.68 Å². The molecule has 1 aromatic rings.